The topological polar surface area (TPSA) is 29.1 Å². The number of halogens is 1. The van der Waals surface area contributed by atoms with Gasteiger partial charge in [0.2, 0.25) is 0 Å². The number of amides is 1. The Balaban J connectivity index is 2.04. The Kier molecular flexibility index (Phi) is 4.73. The molecular weight excluding hydrogens is 310 g/mol. The van der Waals surface area contributed by atoms with Gasteiger partial charge in [-0.2, -0.15) is 0 Å². The van der Waals surface area contributed by atoms with Crippen LogP contribution in [-0.2, 0) is 0 Å². The highest BCUT2D eigenvalue weighted by molar-refractivity contribution is 9.10. The van der Waals surface area contributed by atoms with E-state index in [0.717, 1.165) is 9.37 Å². The zero-order valence-corrected chi connectivity index (χ0v) is 12.9. The Morgan fingerprint density at radius 1 is 1.44 bits per heavy atom. The molecule has 1 aliphatic carbocycles. The fraction of sp³-hybridized carbons (Fsp3) is 0.500. The van der Waals surface area contributed by atoms with E-state index >= 15 is 0 Å². The fourth-order valence-electron chi connectivity index (χ4n) is 2.55. The summed E-state index contributed by atoms with van der Waals surface area (Å²) >= 11 is 7.68. The average Bonchev–Trinajstić information content (AvgIpc) is 2.85. The lowest BCUT2D eigenvalue weighted by molar-refractivity contribution is 0.0926. The zero-order chi connectivity index (χ0) is 13.1. The van der Waals surface area contributed by atoms with Crippen molar-refractivity contribution in [2.45, 2.75) is 43.5 Å². The molecule has 0 saturated heterocycles. The number of hydrogen-bond donors (Lipinski definition) is 2. The molecule has 1 unspecified atom stereocenters. The lowest BCUT2D eigenvalue weighted by Crippen LogP contribution is -2.37. The Labute approximate surface area is 122 Å². The van der Waals surface area contributed by atoms with E-state index in [1.165, 1.54) is 25.7 Å². The lowest BCUT2D eigenvalue weighted by atomic mass is 9.99. The van der Waals surface area contributed by atoms with Crippen molar-refractivity contribution in [3.63, 3.8) is 0 Å². The van der Waals surface area contributed by atoms with Gasteiger partial charge in [-0.05, 0) is 59.8 Å². The van der Waals surface area contributed by atoms with Gasteiger partial charge in [0.1, 0.15) is 0 Å². The lowest BCUT2D eigenvalue weighted by Gasteiger charge is -2.20. The first-order valence-electron chi connectivity index (χ1n) is 6.37. The van der Waals surface area contributed by atoms with E-state index in [4.69, 9.17) is 0 Å². The highest BCUT2D eigenvalue weighted by Crippen LogP contribution is 2.28. The largest absolute Gasteiger partial charge is 0.349 e. The normalized spacial score (nSPS) is 17.7. The van der Waals surface area contributed by atoms with Crippen molar-refractivity contribution in [2.75, 3.05) is 0 Å². The summed E-state index contributed by atoms with van der Waals surface area (Å²) in [5, 5.41) is 3.10. The Morgan fingerprint density at radius 3 is 2.78 bits per heavy atom. The van der Waals surface area contributed by atoms with Crippen LogP contribution in [0.15, 0.2) is 27.6 Å². The summed E-state index contributed by atoms with van der Waals surface area (Å²) in [6.45, 7) is 2.10. The molecular formula is C14H18BrNOS. The van der Waals surface area contributed by atoms with Crippen molar-refractivity contribution < 1.29 is 4.79 Å². The Bertz CT molecular complexity index is 443. The van der Waals surface area contributed by atoms with Crippen molar-refractivity contribution in [3.8, 4) is 0 Å². The van der Waals surface area contributed by atoms with E-state index in [1.54, 1.807) is 6.07 Å². The third-order valence-electron chi connectivity index (χ3n) is 3.66. The van der Waals surface area contributed by atoms with E-state index in [9.17, 15) is 4.79 Å². The second-order valence-corrected chi connectivity index (χ2v) is 6.34. The molecule has 0 spiro atoms. The van der Waals surface area contributed by atoms with Crippen LogP contribution < -0.4 is 5.32 Å². The summed E-state index contributed by atoms with van der Waals surface area (Å²) in [6, 6.07) is 5.77. The number of thiol groups is 1. The number of carbonyl (C=O) groups is 1. The third kappa shape index (κ3) is 3.29. The van der Waals surface area contributed by atoms with Crippen molar-refractivity contribution >= 4 is 34.5 Å². The van der Waals surface area contributed by atoms with Gasteiger partial charge in [-0.15, -0.1) is 12.6 Å². The van der Waals surface area contributed by atoms with E-state index in [2.05, 4.69) is 40.8 Å². The highest BCUT2D eigenvalue weighted by Gasteiger charge is 2.23. The standard InChI is InChI=1S/C14H18BrNOS/c1-9(10-4-2-3-5-10)16-14(17)12-8-11(18)6-7-13(12)15/h6-10,18H,2-5H2,1H3,(H,16,17). The first-order chi connectivity index (χ1) is 8.58. The summed E-state index contributed by atoms with van der Waals surface area (Å²) in [5.74, 6) is 0.615. The van der Waals surface area contributed by atoms with E-state index < -0.39 is 0 Å². The summed E-state index contributed by atoms with van der Waals surface area (Å²) in [7, 11) is 0. The van der Waals surface area contributed by atoms with Crippen LogP contribution in [0, 0.1) is 5.92 Å². The molecule has 1 aliphatic rings. The van der Waals surface area contributed by atoms with Gasteiger partial charge in [0.15, 0.2) is 0 Å². The minimum Gasteiger partial charge on any atom is -0.349 e. The third-order valence-corrected chi connectivity index (χ3v) is 4.63. The molecule has 1 aromatic carbocycles. The van der Waals surface area contributed by atoms with Gasteiger partial charge in [-0.1, -0.05) is 12.8 Å². The van der Waals surface area contributed by atoms with Crippen LogP contribution in [0.1, 0.15) is 43.0 Å². The van der Waals surface area contributed by atoms with Crippen molar-refractivity contribution in [3.05, 3.63) is 28.2 Å². The number of hydrogen-bond acceptors (Lipinski definition) is 2. The quantitative estimate of drug-likeness (QED) is 0.806. The van der Waals surface area contributed by atoms with Crippen LogP contribution in [0.25, 0.3) is 0 Å². The van der Waals surface area contributed by atoms with E-state index in [-0.39, 0.29) is 11.9 Å². The molecule has 1 atom stereocenters. The van der Waals surface area contributed by atoms with Gasteiger partial charge in [-0.25, -0.2) is 0 Å². The van der Waals surface area contributed by atoms with Gasteiger partial charge in [0, 0.05) is 15.4 Å². The second-order valence-electron chi connectivity index (χ2n) is 4.97. The molecule has 1 saturated carbocycles. The highest BCUT2D eigenvalue weighted by atomic mass is 79.9. The molecule has 1 aromatic rings. The molecule has 0 bridgehead atoms. The maximum atomic E-state index is 12.2. The molecule has 1 fully saturated rings. The Hall–Kier alpha value is -0.480. The molecule has 18 heavy (non-hydrogen) atoms. The van der Waals surface area contributed by atoms with Crippen molar-refractivity contribution in [1.29, 1.82) is 0 Å². The number of benzene rings is 1. The molecule has 0 radical (unpaired) electrons. The summed E-state index contributed by atoms with van der Waals surface area (Å²) in [5.41, 5.74) is 0.660. The van der Waals surface area contributed by atoms with E-state index in [0.29, 0.717) is 11.5 Å². The van der Waals surface area contributed by atoms with Crippen molar-refractivity contribution in [2.24, 2.45) is 5.92 Å². The smallest absolute Gasteiger partial charge is 0.252 e. The van der Waals surface area contributed by atoms with Crippen LogP contribution in [0.4, 0.5) is 0 Å². The zero-order valence-electron chi connectivity index (χ0n) is 10.4. The molecule has 98 valence electrons. The van der Waals surface area contributed by atoms with Crippen LogP contribution >= 0.6 is 28.6 Å². The van der Waals surface area contributed by atoms with Crippen LogP contribution in [0.3, 0.4) is 0 Å². The molecule has 0 aromatic heterocycles. The summed E-state index contributed by atoms with van der Waals surface area (Å²) in [6.07, 6.45) is 5.05. The predicted molar refractivity (Wildman–Crippen MR) is 80.3 cm³/mol. The molecule has 0 aliphatic heterocycles. The number of carbonyl (C=O) groups excluding carboxylic acids is 1. The predicted octanol–water partition coefficient (Wildman–Crippen LogP) is 4.05. The van der Waals surface area contributed by atoms with Gasteiger partial charge in [-0.3, -0.25) is 4.79 Å². The van der Waals surface area contributed by atoms with Gasteiger partial charge in [0.05, 0.1) is 5.56 Å². The van der Waals surface area contributed by atoms with E-state index in [1.807, 2.05) is 12.1 Å². The molecule has 2 nitrogen and oxygen atoms in total. The second kappa shape index (κ2) is 6.11. The van der Waals surface area contributed by atoms with Gasteiger partial charge >= 0.3 is 0 Å². The number of rotatable bonds is 3. The molecule has 1 amide bonds. The molecule has 4 heteroatoms. The van der Waals surface area contributed by atoms with Gasteiger partial charge < -0.3 is 5.32 Å². The molecule has 1 N–H and O–H groups in total. The average molecular weight is 328 g/mol. The van der Waals surface area contributed by atoms with Crippen LogP contribution in [0.2, 0.25) is 0 Å². The molecule has 2 rings (SSSR count). The van der Waals surface area contributed by atoms with Crippen LogP contribution in [-0.4, -0.2) is 11.9 Å². The molecule has 0 heterocycles. The minimum absolute atomic E-state index is 0.0165. The van der Waals surface area contributed by atoms with Crippen LogP contribution in [0.5, 0.6) is 0 Å². The van der Waals surface area contributed by atoms with Gasteiger partial charge in [0.25, 0.3) is 5.91 Å². The SMILES string of the molecule is CC(NC(=O)c1cc(S)ccc1Br)C1CCCC1. The Morgan fingerprint density at radius 2 is 2.11 bits per heavy atom. The maximum absolute atomic E-state index is 12.2. The summed E-state index contributed by atoms with van der Waals surface area (Å²) < 4.78 is 0.816. The first-order valence-corrected chi connectivity index (χ1v) is 7.61. The number of nitrogens with one attached hydrogen (secondary N) is 1. The maximum Gasteiger partial charge on any atom is 0.252 e. The summed E-state index contributed by atoms with van der Waals surface area (Å²) in [4.78, 5) is 13.0. The first kappa shape index (κ1) is 13.9. The minimum atomic E-state index is -0.0165. The monoisotopic (exact) mass is 327 g/mol. The van der Waals surface area contributed by atoms with Crippen molar-refractivity contribution in [1.82, 2.24) is 5.32 Å². The fourth-order valence-corrected chi connectivity index (χ4v) is 3.18.